The van der Waals surface area contributed by atoms with Gasteiger partial charge in [-0.05, 0) is 96.3 Å². The van der Waals surface area contributed by atoms with Crippen molar-refractivity contribution in [2.75, 3.05) is 13.2 Å². The van der Waals surface area contributed by atoms with Gasteiger partial charge in [-0.25, -0.2) is 4.79 Å². The van der Waals surface area contributed by atoms with Crippen molar-refractivity contribution in [2.45, 2.75) is 302 Å². The van der Waals surface area contributed by atoms with Gasteiger partial charge in [-0.1, -0.05) is 234 Å². The third-order valence-electron chi connectivity index (χ3n) is 14.0. The average molecular weight is 1110 g/mol. The number of carboxylic acids is 1. The lowest BCUT2D eigenvalue weighted by molar-refractivity contribution is -0.301. The van der Waals surface area contributed by atoms with Gasteiger partial charge in [0.15, 0.2) is 24.6 Å². The molecule has 0 aromatic carbocycles. The van der Waals surface area contributed by atoms with Crippen LogP contribution in [0.2, 0.25) is 0 Å². The van der Waals surface area contributed by atoms with Gasteiger partial charge in [0.05, 0.1) is 6.61 Å². The van der Waals surface area contributed by atoms with Gasteiger partial charge in [0.25, 0.3) is 0 Å². The topological polar surface area (TPSA) is 175 Å². The number of aliphatic hydroxyl groups excluding tert-OH is 2. The van der Waals surface area contributed by atoms with Crippen molar-refractivity contribution in [3.05, 3.63) is 85.1 Å². The molecule has 0 radical (unpaired) electrons. The zero-order valence-corrected chi connectivity index (χ0v) is 49.8. The predicted octanol–water partition coefficient (Wildman–Crippen LogP) is 16.7. The molecule has 1 saturated heterocycles. The summed E-state index contributed by atoms with van der Waals surface area (Å²) in [5.74, 6) is -3.17. The largest absolute Gasteiger partial charge is 0.479 e. The molecule has 1 rings (SSSR count). The molecule has 1 aliphatic rings. The van der Waals surface area contributed by atoms with Crippen LogP contribution >= 0.6 is 0 Å². The van der Waals surface area contributed by atoms with E-state index in [2.05, 4.69) is 106 Å². The van der Waals surface area contributed by atoms with Crippen LogP contribution in [0.15, 0.2) is 85.1 Å². The molecule has 0 bridgehead atoms. The highest BCUT2D eigenvalue weighted by molar-refractivity contribution is 5.74. The minimum Gasteiger partial charge on any atom is -0.479 e. The SMILES string of the molecule is CC/C=C\C/C=C\C/C=C\C/C=C\C/C=C\CCCCCC(=O)OCC(COC1OC(C(=O)O)C(O)C(O)C1OC(=O)CCCCCCC/C=C\C/C=C\CCCCC)OC(=O)CCCCCCCCCCCCCCCCC. The van der Waals surface area contributed by atoms with Crippen molar-refractivity contribution < 1.29 is 58.2 Å². The second-order valence-corrected chi connectivity index (χ2v) is 21.3. The van der Waals surface area contributed by atoms with Gasteiger partial charge >= 0.3 is 23.9 Å². The molecular weight excluding hydrogens is 997 g/mol. The Kier molecular flexibility index (Phi) is 50.3. The maximum atomic E-state index is 13.2. The van der Waals surface area contributed by atoms with E-state index in [1.807, 2.05) is 0 Å². The number of aliphatic hydroxyl groups is 2. The minimum atomic E-state index is -1.91. The van der Waals surface area contributed by atoms with Crippen molar-refractivity contribution in [3.63, 3.8) is 0 Å². The Labute approximate surface area is 480 Å². The van der Waals surface area contributed by atoms with Crippen LogP contribution in [0.25, 0.3) is 0 Å². The molecule has 6 unspecified atom stereocenters. The maximum Gasteiger partial charge on any atom is 0.335 e. The molecule has 0 aliphatic carbocycles. The lowest BCUT2D eigenvalue weighted by Gasteiger charge is -2.40. The van der Waals surface area contributed by atoms with Crippen LogP contribution in [-0.4, -0.2) is 89.2 Å². The standard InChI is InChI=1S/C67H112O12/c1-4-7-10-13-16-19-22-25-28-29-30-31-34-35-38-41-44-47-50-53-59(68)75-56-58(77-60(69)54-51-48-45-42-39-36-32-26-23-20-17-14-11-8-5-2)57-76-67-65(63(72)62(71)64(79-67)66(73)74)78-61(70)55-52-49-46-43-40-37-33-27-24-21-18-15-12-9-6-3/h7,10,16,18-19,21,25,27-28,30-31,33,35,38,58,62-65,67,71-72H,4-6,8-9,11-15,17,20,22-24,26,29,32,34,36-37,39-57H2,1-3H3,(H,73,74)/b10-7-,19-16-,21-18-,28-25-,31-30-,33-27-,38-35-. The van der Waals surface area contributed by atoms with E-state index in [-0.39, 0.29) is 25.9 Å². The lowest BCUT2D eigenvalue weighted by atomic mass is 9.98. The fraction of sp³-hybridized carbons (Fsp3) is 0.731. The van der Waals surface area contributed by atoms with E-state index in [1.54, 1.807) is 0 Å². The summed E-state index contributed by atoms with van der Waals surface area (Å²) >= 11 is 0. The first-order valence-electron chi connectivity index (χ1n) is 31.6. The highest BCUT2D eigenvalue weighted by atomic mass is 16.7. The molecule has 0 aromatic heterocycles. The molecule has 1 fully saturated rings. The molecule has 79 heavy (non-hydrogen) atoms. The number of rotatable bonds is 53. The van der Waals surface area contributed by atoms with Gasteiger partial charge < -0.3 is 39.0 Å². The summed E-state index contributed by atoms with van der Waals surface area (Å²) in [6.07, 6.45) is 58.2. The number of esters is 3. The number of unbranched alkanes of at least 4 members (excludes halogenated alkanes) is 25. The third-order valence-corrected chi connectivity index (χ3v) is 14.0. The van der Waals surface area contributed by atoms with Gasteiger partial charge in [0, 0.05) is 19.3 Å². The smallest absolute Gasteiger partial charge is 0.335 e. The van der Waals surface area contributed by atoms with E-state index in [1.165, 1.54) is 89.9 Å². The Morgan fingerprint density at radius 3 is 1.25 bits per heavy atom. The van der Waals surface area contributed by atoms with Crippen LogP contribution < -0.4 is 0 Å². The van der Waals surface area contributed by atoms with Crippen LogP contribution in [0.4, 0.5) is 0 Å². The first-order valence-corrected chi connectivity index (χ1v) is 31.6. The maximum absolute atomic E-state index is 13.2. The van der Waals surface area contributed by atoms with E-state index in [0.717, 1.165) is 116 Å². The first-order chi connectivity index (χ1) is 38.6. The molecule has 6 atom stereocenters. The van der Waals surface area contributed by atoms with E-state index in [9.17, 15) is 34.5 Å². The second kappa shape index (κ2) is 54.5. The summed E-state index contributed by atoms with van der Waals surface area (Å²) < 4.78 is 28.5. The Bertz CT molecular complexity index is 1700. The van der Waals surface area contributed by atoms with Crippen molar-refractivity contribution >= 4 is 23.9 Å². The Hall–Kier alpha value is -4.10. The van der Waals surface area contributed by atoms with Gasteiger partial charge in [0.2, 0.25) is 0 Å². The number of hydrogen-bond acceptors (Lipinski definition) is 11. The van der Waals surface area contributed by atoms with E-state index in [4.69, 9.17) is 23.7 Å². The highest BCUT2D eigenvalue weighted by Gasteiger charge is 2.50. The zero-order valence-electron chi connectivity index (χ0n) is 49.8. The minimum absolute atomic E-state index is 0.0395. The summed E-state index contributed by atoms with van der Waals surface area (Å²) in [4.78, 5) is 51.2. The van der Waals surface area contributed by atoms with Crippen LogP contribution in [0.3, 0.4) is 0 Å². The molecule has 12 nitrogen and oxygen atoms in total. The second-order valence-electron chi connectivity index (χ2n) is 21.3. The predicted molar refractivity (Wildman–Crippen MR) is 321 cm³/mol. The number of ether oxygens (including phenoxy) is 5. The quantitative estimate of drug-likeness (QED) is 0.0228. The summed E-state index contributed by atoms with van der Waals surface area (Å²) in [6.45, 7) is 5.84. The van der Waals surface area contributed by atoms with Gasteiger partial charge in [-0.2, -0.15) is 0 Å². The molecule has 0 spiro atoms. The molecule has 12 heteroatoms. The number of hydrogen-bond donors (Lipinski definition) is 3. The fourth-order valence-corrected chi connectivity index (χ4v) is 9.13. The summed E-state index contributed by atoms with van der Waals surface area (Å²) in [7, 11) is 0. The highest BCUT2D eigenvalue weighted by Crippen LogP contribution is 2.26. The summed E-state index contributed by atoms with van der Waals surface area (Å²) in [5.41, 5.74) is 0. The van der Waals surface area contributed by atoms with Crippen LogP contribution in [0.1, 0.15) is 265 Å². The third kappa shape index (κ3) is 44.3. The average Bonchev–Trinajstić information content (AvgIpc) is 3.46. The Balaban J connectivity index is 2.70. The van der Waals surface area contributed by atoms with Gasteiger partial charge in [-0.3, -0.25) is 14.4 Å². The summed E-state index contributed by atoms with van der Waals surface area (Å²) in [6, 6.07) is 0. The zero-order chi connectivity index (χ0) is 57.5. The van der Waals surface area contributed by atoms with Crippen molar-refractivity contribution in [1.29, 1.82) is 0 Å². The monoisotopic (exact) mass is 1110 g/mol. The molecular formula is C67H112O12. The molecule has 3 N–H and O–H groups in total. The van der Waals surface area contributed by atoms with Gasteiger partial charge in [0.1, 0.15) is 18.8 Å². The number of carbonyl (C=O) groups excluding carboxylic acids is 3. The molecule has 0 aromatic rings. The van der Waals surface area contributed by atoms with Crippen LogP contribution in [0.5, 0.6) is 0 Å². The molecule has 0 amide bonds. The van der Waals surface area contributed by atoms with Crippen molar-refractivity contribution in [3.8, 4) is 0 Å². The normalized spacial score (nSPS) is 18.4. The first kappa shape index (κ1) is 72.9. The number of aliphatic carboxylic acids is 1. The molecule has 1 aliphatic heterocycles. The van der Waals surface area contributed by atoms with Gasteiger partial charge in [-0.15, -0.1) is 0 Å². The van der Waals surface area contributed by atoms with E-state index >= 15 is 0 Å². The van der Waals surface area contributed by atoms with E-state index in [0.29, 0.717) is 19.3 Å². The lowest BCUT2D eigenvalue weighted by Crippen LogP contribution is -2.61. The Morgan fingerprint density at radius 2 is 0.797 bits per heavy atom. The molecule has 0 saturated carbocycles. The number of carboxylic acid groups (broad SMARTS) is 1. The number of allylic oxidation sites excluding steroid dienone is 14. The molecule has 452 valence electrons. The fourth-order valence-electron chi connectivity index (χ4n) is 9.13. The number of carbonyl (C=O) groups is 4. The summed E-state index contributed by atoms with van der Waals surface area (Å²) in [5, 5.41) is 31.5. The van der Waals surface area contributed by atoms with Crippen molar-refractivity contribution in [1.82, 2.24) is 0 Å². The van der Waals surface area contributed by atoms with Crippen LogP contribution in [-0.2, 0) is 42.9 Å². The van der Waals surface area contributed by atoms with E-state index < -0.39 is 67.3 Å². The van der Waals surface area contributed by atoms with Crippen molar-refractivity contribution in [2.24, 2.45) is 0 Å². The van der Waals surface area contributed by atoms with Crippen LogP contribution in [0, 0.1) is 0 Å². The Morgan fingerprint density at radius 1 is 0.430 bits per heavy atom. The molecule has 1 heterocycles.